The molecule has 7 nitrogen and oxygen atoms in total. The number of hydrogen-bond donors (Lipinski definition) is 2. The van der Waals surface area contributed by atoms with Crippen molar-refractivity contribution >= 4 is 5.91 Å². The summed E-state index contributed by atoms with van der Waals surface area (Å²) in [4.78, 5) is 12.2. The van der Waals surface area contributed by atoms with E-state index in [1.165, 1.54) is 11.0 Å². The fourth-order valence-corrected chi connectivity index (χ4v) is 1.70. The fourth-order valence-electron chi connectivity index (χ4n) is 1.70. The minimum absolute atomic E-state index is 0.0378. The molecular weight excluding hydrogens is 246 g/mol. The molecule has 7 heteroatoms. The first-order chi connectivity index (χ1) is 9.22. The van der Waals surface area contributed by atoms with Crippen LogP contribution in [0.2, 0.25) is 0 Å². The van der Waals surface area contributed by atoms with Crippen LogP contribution >= 0.6 is 0 Å². The third-order valence-electron chi connectivity index (χ3n) is 2.68. The van der Waals surface area contributed by atoms with Crippen molar-refractivity contribution in [1.82, 2.24) is 25.5 Å². The molecule has 0 spiro atoms. The standard InChI is InChI=1S/C12H15N5O2/c1-9(6-7-18)14-12(19)10-4-2-3-5-11(10)17-8-13-15-16-17/h2-5,8-9,18H,6-7H2,1H3,(H,14,19). The van der Waals surface area contributed by atoms with Gasteiger partial charge in [-0.1, -0.05) is 12.1 Å². The zero-order chi connectivity index (χ0) is 13.7. The van der Waals surface area contributed by atoms with Gasteiger partial charge in [0.2, 0.25) is 0 Å². The number of nitrogens with one attached hydrogen (secondary N) is 1. The molecule has 1 aromatic heterocycles. The van der Waals surface area contributed by atoms with Crippen molar-refractivity contribution in [2.24, 2.45) is 0 Å². The van der Waals surface area contributed by atoms with Gasteiger partial charge in [0.1, 0.15) is 6.33 Å². The minimum Gasteiger partial charge on any atom is -0.396 e. The highest BCUT2D eigenvalue weighted by atomic mass is 16.3. The Bertz CT molecular complexity index is 541. The number of aromatic nitrogens is 4. The molecule has 19 heavy (non-hydrogen) atoms. The topological polar surface area (TPSA) is 92.9 Å². The maximum Gasteiger partial charge on any atom is 0.253 e. The molecule has 0 bridgehead atoms. The van der Waals surface area contributed by atoms with Crippen molar-refractivity contribution in [1.29, 1.82) is 0 Å². The zero-order valence-corrected chi connectivity index (χ0v) is 10.5. The zero-order valence-electron chi connectivity index (χ0n) is 10.5. The summed E-state index contributed by atoms with van der Waals surface area (Å²) in [6, 6.07) is 6.96. The molecule has 0 radical (unpaired) electrons. The number of nitrogens with zero attached hydrogens (tertiary/aromatic N) is 4. The van der Waals surface area contributed by atoms with Crippen molar-refractivity contribution in [3.05, 3.63) is 36.2 Å². The van der Waals surface area contributed by atoms with Crippen molar-refractivity contribution in [3.63, 3.8) is 0 Å². The molecule has 0 aliphatic carbocycles. The predicted molar refractivity (Wildman–Crippen MR) is 67.8 cm³/mol. The van der Waals surface area contributed by atoms with E-state index in [4.69, 9.17) is 5.11 Å². The SMILES string of the molecule is CC(CCO)NC(=O)c1ccccc1-n1cnnn1. The van der Waals surface area contributed by atoms with E-state index in [1.54, 1.807) is 18.2 Å². The second-order valence-corrected chi connectivity index (χ2v) is 4.16. The highest BCUT2D eigenvalue weighted by Crippen LogP contribution is 2.12. The number of rotatable bonds is 5. The minimum atomic E-state index is -0.216. The third kappa shape index (κ3) is 3.14. The van der Waals surface area contributed by atoms with E-state index >= 15 is 0 Å². The van der Waals surface area contributed by atoms with E-state index < -0.39 is 0 Å². The number of aliphatic hydroxyl groups excluding tert-OH is 1. The quantitative estimate of drug-likeness (QED) is 0.800. The van der Waals surface area contributed by atoms with Crippen LogP contribution in [0.3, 0.4) is 0 Å². The molecule has 100 valence electrons. The summed E-state index contributed by atoms with van der Waals surface area (Å²) in [5.74, 6) is -0.216. The molecule has 2 N–H and O–H groups in total. The van der Waals surface area contributed by atoms with Crippen LogP contribution in [0.4, 0.5) is 0 Å². The van der Waals surface area contributed by atoms with Crippen LogP contribution in [0.1, 0.15) is 23.7 Å². The Morgan fingerprint density at radius 1 is 1.47 bits per heavy atom. The van der Waals surface area contributed by atoms with Gasteiger partial charge in [-0.3, -0.25) is 4.79 Å². The van der Waals surface area contributed by atoms with E-state index in [2.05, 4.69) is 20.8 Å². The van der Waals surface area contributed by atoms with Crippen LogP contribution in [0, 0.1) is 0 Å². The Kier molecular flexibility index (Phi) is 4.19. The second-order valence-electron chi connectivity index (χ2n) is 4.16. The summed E-state index contributed by atoms with van der Waals surface area (Å²) in [6.07, 6.45) is 1.95. The van der Waals surface area contributed by atoms with Gasteiger partial charge in [0.25, 0.3) is 5.91 Å². The van der Waals surface area contributed by atoms with Gasteiger partial charge in [-0.25, -0.2) is 0 Å². The largest absolute Gasteiger partial charge is 0.396 e. The second kappa shape index (κ2) is 6.05. The average Bonchev–Trinajstić information content (AvgIpc) is 2.92. The first-order valence-electron chi connectivity index (χ1n) is 5.96. The molecule has 0 aliphatic rings. The number of hydrogen-bond acceptors (Lipinski definition) is 5. The van der Waals surface area contributed by atoms with E-state index in [0.29, 0.717) is 17.7 Å². The van der Waals surface area contributed by atoms with Gasteiger partial charge in [0.05, 0.1) is 11.3 Å². The number of carbonyl (C=O) groups excluding carboxylic acids is 1. The van der Waals surface area contributed by atoms with Crippen molar-refractivity contribution in [3.8, 4) is 5.69 Å². The Morgan fingerprint density at radius 2 is 2.26 bits per heavy atom. The lowest BCUT2D eigenvalue weighted by atomic mass is 10.1. The van der Waals surface area contributed by atoms with Crippen LogP contribution in [-0.4, -0.2) is 43.9 Å². The molecule has 0 saturated carbocycles. The number of para-hydroxylation sites is 1. The molecule has 1 unspecified atom stereocenters. The lowest BCUT2D eigenvalue weighted by Gasteiger charge is -2.14. The molecule has 1 amide bonds. The first-order valence-corrected chi connectivity index (χ1v) is 5.96. The van der Waals surface area contributed by atoms with Crippen molar-refractivity contribution in [2.75, 3.05) is 6.61 Å². The van der Waals surface area contributed by atoms with Gasteiger partial charge in [-0.15, -0.1) is 5.10 Å². The molecule has 0 aliphatic heterocycles. The van der Waals surface area contributed by atoms with Gasteiger partial charge < -0.3 is 10.4 Å². The molecular formula is C12H15N5O2. The summed E-state index contributed by atoms with van der Waals surface area (Å²) >= 11 is 0. The van der Waals surface area contributed by atoms with E-state index in [1.807, 2.05) is 13.0 Å². The van der Waals surface area contributed by atoms with Crippen molar-refractivity contribution in [2.45, 2.75) is 19.4 Å². The summed E-state index contributed by atoms with van der Waals surface area (Å²) in [5.41, 5.74) is 1.10. The van der Waals surface area contributed by atoms with Crippen LogP contribution in [0.5, 0.6) is 0 Å². The highest BCUT2D eigenvalue weighted by Gasteiger charge is 2.14. The fraction of sp³-hybridized carbons (Fsp3) is 0.333. The number of aliphatic hydroxyl groups is 1. The van der Waals surface area contributed by atoms with Gasteiger partial charge in [0, 0.05) is 12.6 Å². The van der Waals surface area contributed by atoms with Crippen LogP contribution in [0.15, 0.2) is 30.6 Å². The van der Waals surface area contributed by atoms with Gasteiger partial charge in [-0.05, 0) is 35.9 Å². The molecule has 2 aromatic rings. The van der Waals surface area contributed by atoms with E-state index in [0.717, 1.165) is 0 Å². The summed E-state index contributed by atoms with van der Waals surface area (Å²) < 4.78 is 1.44. The Labute approximate surface area is 110 Å². The maximum absolute atomic E-state index is 12.2. The molecule has 1 heterocycles. The lowest BCUT2D eigenvalue weighted by molar-refractivity contribution is 0.0934. The highest BCUT2D eigenvalue weighted by molar-refractivity contribution is 5.97. The summed E-state index contributed by atoms with van der Waals surface area (Å²) in [7, 11) is 0. The summed E-state index contributed by atoms with van der Waals surface area (Å²) in [6.45, 7) is 1.88. The van der Waals surface area contributed by atoms with Gasteiger partial charge in [-0.2, -0.15) is 4.68 Å². The number of benzene rings is 1. The molecule has 0 fully saturated rings. The predicted octanol–water partition coefficient (Wildman–Crippen LogP) is 0.163. The molecule has 1 atom stereocenters. The van der Waals surface area contributed by atoms with E-state index in [-0.39, 0.29) is 18.6 Å². The summed E-state index contributed by atoms with van der Waals surface area (Å²) in [5, 5.41) is 22.6. The van der Waals surface area contributed by atoms with Crippen LogP contribution in [-0.2, 0) is 0 Å². The normalized spacial score (nSPS) is 12.1. The molecule has 2 rings (SSSR count). The average molecular weight is 261 g/mol. The maximum atomic E-state index is 12.2. The number of carbonyl (C=O) groups is 1. The van der Waals surface area contributed by atoms with Crippen molar-refractivity contribution < 1.29 is 9.90 Å². The number of tetrazole rings is 1. The Hall–Kier alpha value is -2.28. The number of amides is 1. The third-order valence-corrected chi connectivity index (χ3v) is 2.68. The van der Waals surface area contributed by atoms with Crippen LogP contribution < -0.4 is 5.32 Å². The molecule has 0 saturated heterocycles. The van der Waals surface area contributed by atoms with Crippen LogP contribution in [0.25, 0.3) is 5.69 Å². The Morgan fingerprint density at radius 3 is 2.95 bits per heavy atom. The van der Waals surface area contributed by atoms with E-state index in [9.17, 15) is 4.79 Å². The first kappa shape index (κ1) is 13.2. The monoisotopic (exact) mass is 261 g/mol. The lowest BCUT2D eigenvalue weighted by Crippen LogP contribution is -2.33. The van der Waals surface area contributed by atoms with Gasteiger partial charge >= 0.3 is 0 Å². The molecule has 1 aromatic carbocycles. The Balaban J connectivity index is 2.23. The smallest absolute Gasteiger partial charge is 0.253 e. The van der Waals surface area contributed by atoms with Gasteiger partial charge in [0.15, 0.2) is 0 Å².